The first-order valence-corrected chi connectivity index (χ1v) is 46.1. The highest BCUT2D eigenvalue weighted by molar-refractivity contribution is 7.47. The maximum atomic E-state index is 13.1. The van der Waals surface area contributed by atoms with Gasteiger partial charge in [-0.15, -0.1) is 0 Å². The molecule has 0 amide bonds. The van der Waals surface area contributed by atoms with Gasteiger partial charge in [0, 0.05) is 25.7 Å². The molecule has 0 saturated carbocycles. The topological polar surface area (TPSA) is 237 Å². The van der Waals surface area contributed by atoms with E-state index in [1.807, 2.05) is 0 Å². The van der Waals surface area contributed by atoms with E-state index in [4.69, 9.17) is 37.0 Å². The largest absolute Gasteiger partial charge is 0.472 e. The Bertz CT molecular complexity index is 1960. The fourth-order valence-corrected chi connectivity index (χ4v) is 14.4. The van der Waals surface area contributed by atoms with Crippen molar-refractivity contribution in [1.82, 2.24) is 0 Å². The predicted octanol–water partition coefficient (Wildman–Crippen LogP) is 25.1. The molecule has 102 heavy (non-hydrogen) atoms. The summed E-state index contributed by atoms with van der Waals surface area (Å²) in [5.74, 6) is -0.465. The van der Waals surface area contributed by atoms with Crippen LogP contribution in [0, 0.1) is 11.8 Å². The summed E-state index contributed by atoms with van der Waals surface area (Å²) in [6, 6.07) is 0. The summed E-state index contributed by atoms with van der Waals surface area (Å²) in [7, 11) is -9.92. The van der Waals surface area contributed by atoms with Gasteiger partial charge < -0.3 is 33.8 Å². The van der Waals surface area contributed by atoms with Gasteiger partial charge in [-0.3, -0.25) is 37.3 Å². The molecule has 0 spiro atoms. The third-order valence-electron chi connectivity index (χ3n) is 20.2. The summed E-state index contributed by atoms with van der Waals surface area (Å²) in [6.07, 6.45) is 65.1. The van der Waals surface area contributed by atoms with Crippen molar-refractivity contribution < 1.29 is 80.2 Å². The van der Waals surface area contributed by atoms with E-state index in [-0.39, 0.29) is 25.7 Å². The number of ether oxygens (including phenoxy) is 4. The lowest BCUT2D eigenvalue weighted by atomic mass is 9.99. The monoisotopic (exact) mass is 1490 g/mol. The van der Waals surface area contributed by atoms with Crippen LogP contribution >= 0.6 is 15.6 Å². The molecular weight excluding hydrogens is 1330 g/mol. The van der Waals surface area contributed by atoms with Crippen LogP contribution in [0.25, 0.3) is 0 Å². The molecule has 0 aliphatic rings. The molecule has 4 unspecified atom stereocenters. The van der Waals surface area contributed by atoms with Gasteiger partial charge in [0.1, 0.15) is 19.3 Å². The van der Waals surface area contributed by atoms with Crippen molar-refractivity contribution in [3.63, 3.8) is 0 Å². The Morgan fingerprint density at radius 3 is 0.696 bits per heavy atom. The highest BCUT2D eigenvalue weighted by Crippen LogP contribution is 2.45. The van der Waals surface area contributed by atoms with Crippen molar-refractivity contribution in [2.24, 2.45) is 11.8 Å². The second-order valence-corrected chi connectivity index (χ2v) is 33.3. The maximum Gasteiger partial charge on any atom is 0.472 e. The smallest absolute Gasteiger partial charge is 0.462 e. The van der Waals surface area contributed by atoms with Crippen molar-refractivity contribution in [3.8, 4) is 0 Å². The lowest BCUT2D eigenvalue weighted by molar-refractivity contribution is -0.161. The van der Waals surface area contributed by atoms with E-state index < -0.39 is 97.5 Å². The average molecular weight is 1490 g/mol. The maximum absolute atomic E-state index is 13.1. The molecule has 0 aromatic carbocycles. The summed E-state index contributed by atoms with van der Waals surface area (Å²) in [4.78, 5) is 73.1. The zero-order chi connectivity index (χ0) is 74.9. The molecule has 0 saturated heterocycles. The molecule has 0 aliphatic carbocycles. The van der Waals surface area contributed by atoms with Crippen molar-refractivity contribution in [3.05, 3.63) is 0 Å². The van der Waals surface area contributed by atoms with E-state index in [0.717, 1.165) is 102 Å². The highest BCUT2D eigenvalue weighted by Gasteiger charge is 2.30. The van der Waals surface area contributed by atoms with Gasteiger partial charge in [-0.25, -0.2) is 9.13 Å². The fraction of sp³-hybridized carbons (Fsp3) is 0.952. The van der Waals surface area contributed by atoms with E-state index in [1.165, 1.54) is 257 Å². The molecule has 19 heteroatoms. The molecular formula is C83H162O17P2. The van der Waals surface area contributed by atoms with Crippen LogP contribution in [0.3, 0.4) is 0 Å². The molecule has 0 heterocycles. The molecule has 17 nitrogen and oxygen atoms in total. The number of rotatable bonds is 82. The standard InChI is InChI=1S/C83H162O17P2/c1-7-11-13-15-17-19-21-23-24-30-33-37-41-48-54-60-66-81(86)93-71-78(99-82(87)67-61-55-49-42-38-34-31-28-26-25-27-29-32-35-39-45-51-57-63-75(5)9-3)73-97-101(89,90)95-69-77(84)70-96-102(91,92)98-74-79(100-83(88)68-62-56-50-44-43-46-52-58-64-76(6)10-4)72-94-80(85)65-59-53-47-40-36-22-20-18-16-14-12-8-2/h75-79,84H,7-74H2,1-6H3,(H,89,90)(H,91,92)/t75?,76?,77-,78-,79-/m1/s1. The first-order valence-electron chi connectivity index (χ1n) is 43.1. The number of carbonyl (C=O) groups is 4. The Kier molecular flexibility index (Phi) is 73.1. The van der Waals surface area contributed by atoms with Crippen LogP contribution in [0.15, 0.2) is 0 Å². The molecule has 0 radical (unpaired) electrons. The highest BCUT2D eigenvalue weighted by atomic mass is 31.2. The summed E-state index contributed by atoms with van der Waals surface area (Å²) in [6.45, 7) is 9.71. The van der Waals surface area contributed by atoms with Crippen LogP contribution in [0.1, 0.15) is 440 Å². The lowest BCUT2D eigenvalue weighted by Crippen LogP contribution is -2.30. The van der Waals surface area contributed by atoms with Crippen LogP contribution in [0.5, 0.6) is 0 Å². The number of hydrogen-bond acceptors (Lipinski definition) is 15. The molecule has 0 rings (SSSR count). The molecule has 0 aromatic rings. The Hall–Kier alpha value is -1.94. The Morgan fingerprint density at radius 1 is 0.275 bits per heavy atom. The minimum Gasteiger partial charge on any atom is -0.462 e. The molecule has 0 bridgehead atoms. The number of carbonyl (C=O) groups excluding carboxylic acids is 4. The Labute approximate surface area is 626 Å². The number of aliphatic hydroxyl groups is 1. The quantitative estimate of drug-likeness (QED) is 0.0222. The molecule has 606 valence electrons. The average Bonchev–Trinajstić information content (AvgIpc) is 0.929. The van der Waals surface area contributed by atoms with Crippen LogP contribution in [0.2, 0.25) is 0 Å². The third kappa shape index (κ3) is 73.6. The minimum atomic E-state index is -4.96. The van der Waals surface area contributed by atoms with Crippen molar-refractivity contribution in [2.75, 3.05) is 39.6 Å². The van der Waals surface area contributed by atoms with Crippen molar-refractivity contribution in [2.45, 2.75) is 458 Å². The second-order valence-electron chi connectivity index (χ2n) is 30.4. The van der Waals surface area contributed by atoms with Crippen LogP contribution < -0.4 is 0 Å². The van der Waals surface area contributed by atoms with E-state index in [2.05, 4.69) is 41.5 Å². The number of aliphatic hydroxyl groups excluding tert-OH is 1. The molecule has 0 fully saturated rings. The summed E-state index contributed by atoms with van der Waals surface area (Å²) < 4.78 is 68.8. The zero-order valence-electron chi connectivity index (χ0n) is 66.9. The minimum absolute atomic E-state index is 0.106. The van der Waals surface area contributed by atoms with Gasteiger partial charge in [-0.1, -0.05) is 388 Å². The predicted molar refractivity (Wildman–Crippen MR) is 418 cm³/mol. The molecule has 3 N–H and O–H groups in total. The molecule has 0 aromatic heterocycles. The number of hydrogen-bond donors (Lipinski definition) is 3. The molecule has 7 atom stereocenters. The fourth-order valence-electron chi connectivity index (χ4n) is 12.8. The van der Waals surface area contributed by atoms with Gasteiger partial charge in [0.2, 0.25) is 0 Å². The number of phosphoric acid groups is 2. The van der Waals surface area contributed by atoms with Crippen molar-refractivity contribution in [1.29, 1.82) is 0 Å². The zero-order valence-corrected chi connectivity index (χ0v) is 68.7. The second kappa shape index (κ2) is 74.5. The number of unbranched alkanes of at least 4 members (excludes halogenated alkanes) is 50. The van der Waals surface area contributed by atoms with Crippen LogP contribution in [-0.4, -0.2) is 96.7 Å². The van der Waals surface area contributed by atoms with Gasteiger partial charge in [0.25, 0.3) is 0 Å². The number of phosphoric ester groups is 2. The van der Waals surface area contributed by atoms with Crippen molar-refractivity contribution >= 4 is 39.5 Å². The van der Waals surface area contributed by atoms with Gasteiger partial charge >= 0.3 is 39.5 Å². The van der Waals surface area contributed by atoms with Gasteiger partial charge in [0.05, 0.1) is 26.4 Å². The third-order valence-corrected chi connectivity index (χ3v) is 22.1. The first kappa shape index (κ1) is 100. The SMILES string of the molecule is CCCCCCCCCCCCCCCCCCC(=O)OC[C@H](COP(=O)(O)OC[C@@H](O)COP(=O)(O)OC[C@@H](COC(=O)CCCCCCCCCCCCCC)OC(=O)CCCCCCCCCCC(C)CC)OC(=O)CCCCCCCCCCCCCCCCCCCCC(C)CC. The normalized spacial score (nSPS) is 14.4. The summed E-state index contributed by atoms with van der Waals surface area (Å²) in [5.41, 5.74) is 0. The van der Waals surface area contributed by atoms with Crippen LogP contribution in [0.4, 0.5) is 0 Å². The lowest BCUT2D eigenvalue weighted by Gasteiger charge is -2.21. The number of esters is 4. The van der Waals surface area contributed by atoms with E-state index >= 15 is 0 Å². The van der Waals surface area contributed by atoms with E-state index in [1.54, 1.807) is 0 Å². The Morgan fingerprint density at radius 2 is 0.471 bits per heavy atom. The summed E-state index contributed by atoms with van der Waals surface area (Å²) >= 11 is 0. The van der Waals surface area contributed by atoms with Gasteiger partial charge in [0.15, 0.2) is 12.2 Å². The Balaban J connectivity index is 5.23. The molecule has 0 aliphatic heterocycles. The van der Waals surface area contributed by atoms with Gasteiger partial charge in [-0.2, -0.15) is 0 Å². The summed E-state index contributed by atoms with van der Waals surface area (Å²) in [5, 5.41) is 10.7. The van der Waals surface area contributed by atoms with Gasteiger partial charge in [-0.05, 0) is 37.5 Å². The van der Waals surface area contributed by atoms with E-state index in [9.17, 15) is 43.2 Å². The van der Waals surface area contributed by atoms with Crippen LogP contribution in [-0.2, 0) is 65.4 Å². The first-order chi connectivity index (χ1) is 49.4. The van der Waals surface area contributed by atoms with E-state index in [0.29, 0.717) is 25.7 Å².